The van der Waals surface area contributed by atoms with Crippen molar-refractivity contribution in [2.75, 3.05) is 31.1 Å². The van der Waals surface area contributed by atoms with Crippen molar-refractivity contribution in [3.63, 3.8) is 0 Å². The molecule has 0 saturated carbocycles. The fourth-order valence-electron chi connectivity index (χ4n) is 3.67. The fourth-order valence-corrected chi connectivity index (χ4v) is 3.67. The maximum Gasteiger partial charge on any atom is 0.246 e. The molecular weight excluding hydrogens is 332 g/mol. The third-order valence-corrected chi connectivity index (χ3v) is 5.19. The summed E-state index contributed by atoms with van der Waals surface area (Å²) < 4.78 is 0. The van der Waals surface area contributed by atoms with Crippen LogP contribution in [0.2, 0.25) is 0 Å². The molecule has 1 saturated heterocycles. The Morgan fingerprint density at radius 2 is 1.63 bits per heavy atom. The van der Waals surface area contributed by atoms with Crippen molar-refractivity contribution in [1.29, 1.82) is 0 Å². The first-order valence-electron chi connectivity index (χ1n) is 9.47. The summed E-state index contributed by atoms with van der Waals surface area (Å²) in [5.41, 5.74) is 3.59. The van der Waals surface area contributed by atoms with Gasteiger partial charge in [0.05, 0.1) is 0 Å². The number of anilines is 1. The van der Waals surface area contributed by atoms with Crippen LogP contribution in [-0.4, -0.2) is 37.0 Å². The molecule has 1 aliphatic heterocycles. The molecule has 1 fully saturated rings. The average molecular weight is 356 g/mol. The number of piperazine rings is 1. The first-order chi connectivity index (χ1) is 13.2. The smallest absolute Gasteiger partial charge is 0.246 e. The highest BCUT2D eigenvalue weighted by molar-refractivity contribution is 5.96. The Bertz CT molecular complexity index is 979. The van der Waals surface area contributed by atoms with Gasteiger partial charge in [0.1, 0.15) is 0 Å². The normalized spacial score (nSPS) is 14.9. The van der Waals surface area contributed by atoms with Crippen LogP contribution in [0.25, 0.3) is 16.8 Å². The summed E-state index contributed by atoms with van der Waals surface area (Å²) in [6.07, 6.45) is 3.65. The van der Waals surface area contributed by atoms with Gasteiger partial charge in [0.2, 0.25) is 5.91 Å². The van der Waals surface area contributed by atoms with E-state index in [1.165, 1.54) is 22.0 Å². The lowest BCUT2D eigenvalue weighted by Gasteiger charge is -2.35. The first-order valence-corrected chi connectivity index (χ1v) is 9.47. The Labute approximate surface area is 160 Å². The predicted octanol–water partition coefficient (Wildman–Crippen LogP) is 4.51. The van der Waals surface area contributed by atoms with E-state index in [1.54, 1.807) is 6.08 Å². The fraction of sp³-hybridized carbons (Fsp3) is 0.208. The van der Waals surface area contributed by atoms with Gasteiger partial charge in [-0.25, -0.2) is 0 Å². The Morgan fingerprint density at radius 3 is 2.44 bits per heavy atom. The molecule has 3 heteroatoms. The van der Waals surface area contributed by atoms with Crippen LogP contribution in [0, 0.1) is 6.92 Å². The zero-order valence-corrected chi connectivity index (χ0v) is 15.6. The molecule has 0 unspecified atom stereocenters. The second-order valence-corrected chi connectivity index (χ2v) is 7.05. The standard InChI is InChI=1S/C24H24N2O/c1-19-6-4-10-22(18-19)25-14-16-26(17-15-25)24(27)13-12-21-9-5-8-20-7-2-3-11-23(20)21/h2-13,18H,14-17H2,1H3/b13-12+. The van der Waals surface area contributed by atoms with Gasteiger partial charge in [0.25, 0.3) is 0 Å². The molecule has 0 aromatic heterocycles. The summed E-state index contributed by atoms with van der Waals surface area (Å²) >= 11 is 0. The molecular formula is C24H24N2O. The summed E-state index contributed by atoms with van der Waals surface area (Å²) in [5, 5.41) is 2.37. The Hall–Kier alpha value is -3.07. The van der Waals surface area contributed by atoms with E-state index in [4.69, 9.17) is 0 Å². The molecule has 0 radical (unpaired) electrons. The van der Waals surface area contributed by atoms with Gasteiger partial charge in [-0.15, -0.1) is 0 Å². The van der Waals surface area contributed by atoms with E-state index in [0.29, 0.717) is 0 Å². The van der Waals surface area contributed by atoms with Gasteiger partial charge >= 0.3 is 0 Å². The minimum atomic E-state index is 0.0897. The number of benzene rings is 3. The molecule has 3 nitrogen and oxygen atoms in total. The van der Waals surface area contributed by atoms with Crippen LogP contribution in [0.15, 0.2) is 72.8 Å². The number of aryl methyl sites for hydroxylation is 1. The van der Waals surface area contributed by atoms with E-state index in [-0.39, 0.29) is 5.91 Å². The van der Waals surface area contributed by atoms with E-state index >= 15 is 0 Å². The van der Waals surface area contributed by atoms with Crippen LogP contribution < -0.4 is 4.90 Å². The van der Waals surface area contributed by atoms with Crippen LogP contribution >= 0.6 is 0 Å². The molecule has 0 aliphatic carbocycles. The first kappa shape index (κ1) is 17.3. The van der Waals surface area contributed by atoms with Crippen molar-refractivity contribution >= 4 is 28.4 Å². The molecule has 0 spiro atoms. The van der Waals surface area contributed by atoms with Gasteiger partial charge in [-0.1, -0.05) is 54.6 Å². The van der Waals surface area contributed by atoms with Crippen LogP contribution in [0.1, 0.15) is 11.1 Å². The maximum atomic E-state index is 12.6. The average Bonchev–Trinajstić information content (AvgIpc) is 2.72. The number of nitrogens with zero attached hydrogens (tertiary/aromatic N) is 2. The second-order valence-electron chi connectivity index (χ2n) is 7.05. The lowest BCUT2D eigenvalue weighted by Crippen LogP contribution is -2.48. The number of fused-ring (bicyclic) bond motifs is 1. The molecule has 27 heavy (non-hydrogen) atoms. The van der Waals surface area contributed by atoms with Gasteiger partial charge in [-0.05, 0) is 47.0 Å². The number of carbonyl (C=O) groups excluding carboxylic acids is 1. The largest absolute Gasteiger partial charge is 0.368 e. The molecule has 0 bridgehead atoms. The number of rotatable bonds is 3. The highest BCUT2D eigenvalue weighted by atomic mass is 16.2. The third kappa shape index (κ3) is 3.87. The summed E-state index contributed by atoms with van der Waals surface area (Å²) in [5.74, 6) is 0.0897. The van der Waals surface area contributed by atoms with E-state index in [2.05, 4.69) is 60.4 Å². The monoisotopic (exact) mass is 356 g/mol. The highest BCUT2D eigenvalue weighted by Crippen LogP contribution is 2.20. The van der Waals surface area contributed by atoms with Crippen molar-refractivity contribution < 1.29 is 4.79 Å². The summed E-state index contributed by atoms with van der Waals surface area (Å²) in [7, 11) is 0. The highest BCUT2D eigenvalue weighted by Gasteiger charge is 2.19. The second kappa shape index (κ2) is 7.67. The molecule has 136 valence electrons. The number of amides is 1. The van der Waals surface area contributed by atoms with Crippen LogP contribution in [-0.2, 0) is 4.79 Å². The minimum absolute atomic E-state index is 0.0897. The van der Waals surface area contributed by atoms with Crippen LogP contribution in [0.5, 0.6) is 0 Å². The van der Waals surface area contributed by atoms with Crippen molar-refractivity contribution in [2.24, 2.45) is 0 Å². The van der Waals surface area contributed by atoms with Gasteiger partial charge in [-0.3, -0.25) is 4.79 Å². The maximum absolute atomic E-state index is 12.6. The van der Waals surface area contributed by atoms with Gasteiger partial charge < -0.3 is 9.80 Å². The van der Waals surface area contributed by atoms with Crippen LogP contribution in [0.4, 0.5) is 5.69 Å². The molecule has 1 heterocycles. The van der Waals surface area contributed by atoms with Crippen molar-refractivity contribution in [1.82, 2.24) is 4.90 Å². The number of hydrogen-bond donors (Lipinski definition) is 0. The zero-order valence-electron chi connectivity index (χ0n) is 15.6. The third-order valence-electron chi connectivity index (χ3n) is 5.19. The lowest BCUT2D eigenvalue weighted by atomic mass is 10.0. The molecule has 3 aromatic rings. The Kier molecular flexibility index (Phi) is 4.93. The molecule has 1 amide bonds. The van der Waals surface area contributed by atoms with Gasteiger partial charge in [-0.2, -0.15) is 0 Å². The molecule has 0 N–H and O–H groups in total. The number of hydrogen-bond acceptors (Lipinski definition) is 2. The topological polar surface area (TPSA) is 23.6 Å². The van der Waals surface area contributed by atoms with E-state index < -0.39 is 0 Å². The van der Waals surface area contributed by atoms with Gasteiger partial charge in [0, 0.05) is 37.9 Å². The van der Waals surface area contributed by atoms with E-state index in [0.717, 1.165) is 31.7 Å². The Balaban J connectivity index is 1.41. The summed E-state index contributed by atoms with van der Waals surface area (Å²) in [4.78, 5) is 16.9. The zero-order chi connectivity index (χ0) is 18.6. The Morgan fingerprint density at radius 1 is 0.889 bits per heavy atom. The predicted molar refractivity (Wildman–Crippen MR) is 113 cm³/mol. The quantitative estimate of drug-likeness (QED) is 0.645. The number of carbonyl (C=O) groups is 1. The van der Waals surface area contributed by atoms with Crippen LogP contribution in [0.3, 0.4) is 0 Å². The summed E-state index contributed by atoms with van der Waals surface area (Å²) in [6, 6.07) is 23.0. The van der Waals surface area contributed by atoms with Crippen molar-refractivity contribution in [3.8, 4) is 0 Å². The minimum Gasteiger partial charge on any atom is -0.368 e. The van der Waals surface area contributed by atoms with Crippen molar-refractivity contribution in [3.05, 3.63) is 83.9 Å². The molecule has 3 aromatic carbocycles. The lowest BCUT2D eigenvalue weighted by molar-refractivity contribution is -0.126. The van der Waals surface area contributed by atoms with Crippen molar-refractivity contribution in [2.45, 2.75) is 6.92 Å². The molecule has 4 rings (SSSR count). The SMILES string of the molecule is Cc1cccc(N2CCN(C(=O)/C=C/c3cccc4ccccc34)CC2)c1. The van der Waals surface area contributed by atoms with Gasteiger partial charge in [0.15, 0.2) is 0 Å². The summed E-state index contributed by atoms with van der Waals surface area (Å²) in [6.45, 7) is 5.37. The van der Waals surface area contributed by atoms with E-state index in [1.807, 2.05) is 29.2 Å². The molecule has 0 atom stereocenters. The molecule has 1 aliphatic rings. The van der Waals surface area contributed by atoms with E-state index in [9.17, 15) is 4.79 Å².